The van der Waals surface area contributed by atoms with Gasteiger partial charge >= 0.3 is 0 Å². The SMILES string of the molecule is CCOc1ccc(C(=O)NC[C@H](c2ccc(N(C)C)cc2)N2CCc3ccccc3C2)cc1OCC. The first-order valence-electron chi connectivity index (χ1n) is 12.8. The zero-order chi connectivity index (χ0) is 25.5. The van der Waals surface area contributed by atoms with Crippen LogP contribution in [-0.2, 0) is 13.0 Å². The van der Waals surface area contributed by atoms with Crippen LogP contribution in [0.1, 0.15) is 46.9 Å². The molecule has 0 radical (unpaired) electrons. The van der Waals surface area contributed by atoms with E-state index in [0.717, 1.165) is 25.2 Å². The standard InChI is InChI=1S/C30H37N3O3/c1-5-35-28-16-13-24(19-29(28)36-6-2)30(34)31-20-27(23-11-14-26(15-12-23)32(3)4)33-18-17-22-9-7-8-10-25(22)21-33/h7-16,19,27H,5-6,17-18,20-21H2,1-4H3,(H,31,34)/t27-/m1/s1. The van der Waals surface area contributed by atoms with Gasteiger partial charge in [0.1, 0.15) is 0 Å². The third-order valence-corrected chi connectivity index (χ3v) is 6.66. The minimum absolute atomic E-state index is 0.0626. The number of fused-ring (bicyclic) bond motifs is 1. The molecule has 1 amide bonds. The lowest BCUT2D eigenvalue weighted by atomic mass is 9.96. The number of hydrogen-bond acceptors (Lipinski definition) is 5. The summed E-state index contributed by atoms with van der Waals surface area (Å²) >= 11 is 0. The van der Waals surface area contributed by atoms with Crippen molar-refractivity contribution in [2.24, 2.45) is 0 Å². The van der Waals surface area contributed by atoms with Crippen LogP contribution < -0.4 is 19.7 Å². The van der Waals surface area contributed by atoms with Gasteiger partial charge in [-0.15, -0.1) is 0 Å². The summed E-state index contributed by atoms with van der Waals surface area (Å²) in [4.78, 5) is 17.8. The van der Waals surface area contributed by atoms with Gasteiger partial charge in [-0.3, -0.25) is 9.69 Å². The first-order chi connectivity index (χ1) is 17.5. The quantitative estimate of drug-likeness (QED) is 0.432. The Kier molecular flexibility index (Phi) is 8.49. The number of benzene rings is 3. The molecule has 0 aromatic heterocycles. The fraction of sp³-hybridized carbons (Fsp3) is 0.367. The Morgan fingerprint density at radius 2 is 1.64 bits per heavy atom. The van der Waals surface area contributed by atoms with Crippen molar-refractivity contribution >= 4 is 11.6 Å². The van der Waals surface area contributed by atoms with Crippen LogP contribution in [0, 0.1) is 0 Å². The molecule has 1 heterocycles. The number of rotatable bonds is 10. The summed E-state index contributed by atoms with van der Waals surface area (Å²) in [5.41, 5.74) is 5.69. The molecule has 0 saturated heterocycles. The number of carbonyl (C=O) groups excluding carboxylic acids is 1. The molecule has 0 unspecified atom stereocenters. The van der Waals surface area contributed by atoms with Crippen molar-refractivity contribution in [3.05, 3.63) is 89.0 Å². The Labute approximate surface area is 214 Å². The van der Waals surface area contributed by atoms with Crippen molar-refractivity contribution < 1.29 is 14.3 Å². The Morgan fingerprint density at radius 3 is 2.33 bits per heavy atom. The molecule has 0 aliphatic carbocycles. The van der Waals surface area contributed by atoms with E-state index >= 15 is 0 Å². The van der Waals surface area contributed by atoms with E-state index < -0.39 is 0 Å². The molecule has 36 heavy (non-hydrogen) atoms. The molecule has 1 N–H and O–H groups in total. The Hall–Kier alpha value is -3.51. The highest BCUT2D eigenvalue weighted by molar-refractivity contribution is 5.94. The molecule has 0 bridgehead atoms. The van der Waals surface area contributed by atoms with Crippen molar-refractivity contribution in [2.75, 3.05) is 45.3 Å². The average molecular weight is 488 g/mol. The van der Waals surface area contributed by atoms with Crippen molar-refractivity contribution in [3.63, 3.8) is 0 Å². The second-order valence-corrected chi connectivity index (χ2v) is 9.23. The monoisotopic (exact) mass is 487 g/mol. The van der Waals surface area contributed by atoms with Gasteiger partial charge in [0.05, 0.1) is 19.3 Å². The van der Waals surface area contributed by atoms with E-state index in [-0.39, 0.29) is 11.9 Å². The predicted octanol–water partition coefficient (Wildman–Crippen LogP) is 5.08. The second-order valence-electron chi connectivity index (χ2n) is 9.23. The summed E-state index contributed by atoms with van der Waals surface area (Å²) < 4.78 is 11.4. The Morgan fingerprint density at radius 1 is 0.944 bits per heavy atom. The lowest BCUT2D eigenvalue weighted by Gasteiger charge is -2.36. The van der Waals surface area contributed by atoms with Crippen LogP contribution >= 0.6 is 0 Å². The van der Waals surface area contributed by atoms with Gasteiger partial charge in [-0.25, -0.2) is 0 Å². The van der Waals surface area contributed by atoms with Gasteiger partial charge in [0, 0.05) is 45.0 Å². The normalized spacial score (nSPS) is 14.0. The minimum Gasteiger partial charge on any atom is -0.490 e. The number of hydrogen-bond donors (Lipinski definition) is 1. The molecule has 6 heteroatoms. The molecule has 0 saturated carbocycles. The van der Waals surface area contributed by atoms with Crippen molar-refractivity contribution in [2.45, 2.75) is 32.9 Å². The number of anilines is 1. The van der Waals surface area contributed by atoms with E-state index in [4.69, 9.17) is 9.47 Å². The molecule has 3 aromatic carbocycles. The van der Waals surface area contributed by atoms with Crippen LogP contribution in [-0.4, -0.2) is 51.2 Å². The van der Waals surface area contributed by atoms with E-state index in [1.807, 2.05) is 34.0 Å². The molecule has 0 spiro atoms. The molecule has 190 valence electrons. The first kappa shape index (κ1) is 25.6. The smallest absolute Gasteiger partial charge is 0.251 e. The molecule has 1 aliphatic rings. The van der Waals surface area contributed by atoms with Gasteiger partial charge in [0.25, 0.3) is 5.91 Å². The van der Waals surface area contributed by atoms with Gasteiger partial charge in [0.15, 0.2) is 11.5 Å². The fourth-order valence-corrected chi connectivity index (χ4v) is 4.72. The number of carbonyl (C=O) groups is 1. The number of nitrogens with zero attached hydrogens (tertiary/aromatic N) is 2. The summed E-state index contributed by atoms with van der Waals surface area (Å²) in [6, 6.07) is 22.7. The lowest BCUT2D eigenvalue weighted by Crippen LogP contribution is -2.40. The van der Waals surface area contributed by atoms with E-state index in [9.17, 15) is 4.79 Å². The maximum atomic E-state index is 13.2. The third kappa shape index (κ3) is 6.00. The zero-order valence-electron chi connectivity index (χ0n) is 21.8. The zero-order valence-corrected chi connectivity index (χ0v) is 21.8. The van der Waals surface area contributed by atoms with E-state index in [0.29, 0.717) is 36.8 Å². The van der Waals surface area contributed by atoms with Gasteiger partial charge in [-0.1, -0.05) is 36.4 Å². The Bertz CT molecular complexity index is 1160. The van der Waals surface area contributed by atoms with Crippen LogP contribution in [0.25, 0.3) is 0 Å². The Balaban J connectivity index is 1.54. The number of ether oxygens (including phenoxy) is 2. The molecule has 1 atom stereocenters. The van der Waals surface area contributed by atoms with Crippen LogP contribution in [0.2, 0.25) is 0 Å². The molecule has 3 aromatic rings. The van der Waals surface area contributed by atoms with E-state index in [1.165, 1.54) is 16.7 Å². The second kappa shape index (κ2) is 12.0. The van der Waals surface area contributed by atoms with Gasteiger partial charge in [-0.05, 0) is 67.3 Å². The van der Waals surface area contributed by atoms with Crippen LogP contribution in [0.15, 0.2) is 66.7 Å². The van der Waals surface area contributed by atoms with Crippen LogP contribution in [0.5, 0.6) is 11.5 Å². The summed E-state index contributed by atoms with van der Waals surface area (Å²) in [5.74, 6) is 1.13. The average Bonchev–Trinajstić information content (AvgIpc) is 2.90. The third-order valence-electron chi connectivity index (χ3n) is 6.66. The van der Waals surface area contributed by atoms with Crippen molar-refractivity contribution in [1.82, 2.24) is 10.2 Å². The lowest BCUT2D eigenvalue weighted by molar-refractivity contribution is 0.0927. The largest absolute Gasteiger partial charge is 0.490 e. The van der Waals surface area contributed by atoms with Gasteiger partial charge in [-0.2, -0.15) is 0 Å². The molecule has 4 rings (SSSR count). The highest BCUT2D eigenvalue weighted by atomic mass is 16.5. The first-order valence-corrected chi connectivity index (χ1v) is 12.8. The van der Waals surface area contributed by atoms with Crippen molar-refractivity contribution in [3.8, 4) is 11.5 Å². The van der Waals surface area contributed by atoms with Crippen LogP contribution in [0.4, 0.5) is 5.69 Å². The van der Waals surface area contributed by atoms with Crippen LogP contribution in [0.3, 0.4) is 0 Å². The van der Waals surface area contributed by atoms with Gasteiger partial charge < -0.3 is 19.7 Å². The maximum absolute atomic E-state index is 13.2. The van der Waals surface area contributed by atoms with Gasteiger partial charge in [0.2, 0.25) is 0 Å². The highest BCUT2D eigenvalue weighted by Crippen LogP contribution is 2.30. The highest BCUT2D eigenvalue weighted by Gasteiger charge is 2.25. The fourth-order valence-electron chi connectivity index (χ4n) is 4.72. The topological polar surface area (TPSA) is 54.0 Å². The minimum atomic E-state index is -0.119. The molecular weight excluding hydrogens is 450 g/mol. The molecule has 1 aliphatic heterocycles. The summed E-state index contributed by atoms with van der Waals surface area (Å²) in [7, 11) is 4.09. The summed E-state index contributed by atoms with van der Waals surface area (Å²) in [6.45, 7) is 7.23. The van der Waals surface area contributed by atoms with E-state index in [1.54, 1.807) is 12.1 Å². The number of amides is 1. The molecule has 6 nitrogen and oxygen atoms in total. The summed E-state index contributed by atoms with van der Waals surface area (Å²) in [5, 5.41) is 3.19. The molecule has 0 fully saturated rings. The van der Waals surface area contributed by atoms with Crippen molar-refractivity contribution in [1.29, 1.82) is 0 Å². The maximum Gasteiger partial charge on any atom is 0.251 e. The summed E-state index contributed by atoms with van der Waals surface area (Å²) in [6.07, 6.45) is 1.01. The molecular formula is C30H37N3O3. The van der Waals surface area contributed by atoms with E-state index in [2.05, 4.69) is 63.6 Å². The predicted molar refractivity (Wildman–Crippen MR) is 145 cm³/mol. The number of nitrogens with one attached hydrogen (secondary N) is 1.